The van der Waals surface area contributed by atoms with Gasteiger partial charge in [0.15, 0.2) is 0 Å². The van der Waals surface area contributed by atoms with Crippen molar-refractivity contribution in [3.05, 3.63) is 63.7 Å². The molecule has 1 aromatic rings. The van der Waals surface area contributed by atoms with Crippen molar-refractivity contribution in [2.75, 3.05) is 0 Å². The predicted octanol–water partition coefficient (Wildman–Crippen LogP) is 3.33. The quantitative estimate of drug-likeness (QED) is 0.652. The van der Waals surface area contributed by atoms with Gasteiger partial charge >= 0.3 is 0 Å². The predicted molar refractivity (Wildman–Crippen MR) is 62.3 cm³/mol. The van der Waals surface area contributed by atoms with Crippen LogP contribution in [0.4, 0.5) is 0 Å². The Morgan fingerprint density at radius 2 is 2.07 bits per heavy atom. The van der Waals surface area contributed by atoms with Crippen LogP contribution >= 0.6 is 15.9 Å². The second kappa shape index (κ2) is 2.99. The van der Waals surface area contributed by atoms with Gasteiger partial charge in [-0.25, -0.2) is 0 Å². The minimum Gasteiger partial charge on any atom is -0.272 e. The van der Waals surface area contributed by atoms with Gasteiger partial charge in [0.2, 0.25) is 5.78 Å². The van der Waals surface area contributed by atoms with Crippen molar-refractivity contribution < 1.29 is 4.79 Å². The summed E-state index contributed by atoms with van der Waals surface area (Å²) in [5.41, 5.74) is 3.53. The Hall–Kier alpha value is -1.50. The van der Waals surface area contributed by atoms with Gasteiger partial charge in [-0.05, 0) is 12.1 Å². The summed E-state index contributed by atoms with van der Waals surface area (Å²) < 4.78 is 0.971. The molecule has 0 radical (unpaired) electrons. The molecule has 0 heterocycles. The van der Waals surface area contributed by atoms with Crippen molar-refractivity contribution in [2.45, 2.75) is 0 Å². The summed E-state index contributed by atoms with van der Waals surface area (Å²) in [6, 6.07) is 5.71. The van der Waals surface area contributed by atoms with Crippen LogP contribution < -0.4 is 0 Å². The maximum absolute atomic E-state index is 12.0. The lowest BCUT2D eigenvalue weighted by atomic mass is 10.0. The number of ketones is 1. The highest BCUT2D eigenvalue weighted by atomic mass is 79.9. The minimum absolute atomic E-state index is 0.0955. The SMILES string of the molecule is O=C1C2=C(C=C[C+]=C2)c2c(Br)cccc21. The maximum Gasteiger partial charge on any atom is 0.250 e. The largest absolute Gasteiger partial charge is 0.272 e. The van der Waals surface area contributed by atoms with Gasteiger partial charge < -0.3 is 0 Å². The van der Waals surface area contributed by atoms with Gasteiger partial charge in [-0.1, -0.05) is 22.0 Å². The van der Waals surface area contributed by atoms with E-state index in [0.717, 1.165) is 26.7 Å². The highest BCUT2D eigenvalue weighted by Gasteiger charge is 2.35. The van der Waals surface area contributed by atoms with E-state index in [0.29, 0.717) is 0 Å². The van der Waals surface area contributed by atoms with Crippen LogP contribution in [0.15, 0.2) is 46.5 Å². The molecule has 0 saturated carbocycles. The molecule has 70 valence electrons. The van der Waals surface area contributed by atoms with Gasteiger partial charge in [-0.15, -0.1) is 0 Å². The molecule has 0 N–H and O–H groups in total. The van der Waals surface area contributed by atoms with Gasteiger partial charge in [0.25, 0.3) is 0 Å². The fourth-order valence-corrected chi connectivity index (χ4v) is 2.55. The van der Waals surface area contributed by atoms with Crippen LogP contribution in [-0.4, -0.2) is 5.78 Å². The molecule has 1 aromatic carbocycles. The zero-order chi connectivity index (χ0) is 10.4. The molecule has 0 atom stereocenters. The minimum atomic E-state index is 0.0955. The number of benzene rings is 1. The first-order valence-electron chi connectivity index (χ1n) is 4.63. The van der Waals surface area contributed by atoms with Crippen molar-refractivity contribution >= 4 is 27.3 Å². The molecule has 3 rings (SSSR count). The van der Waals surface area contributed by atoms with Crippen molar-refractivity contribution in [3.63, 3.8) is 0 Å². The van der Waals surface area contributed by atoms with E-state index in [1.807, 2.05) is 30.4 Å². The Morgan fingerprint density at radius 1 is 1.20 bits per heavy atom. The molecule has 0 saturated heterocycles. The zero-order valence-electron chi connectivity index (χ0n) is 7.75. The second-order valence-corrected chi connectivity index (χ2v) is 4.32. The molecule has 2 aliphatic carbocycles. The monoisotopic (exact) mass is 257 g/mol. The van der Waals surface area contributed by atoms with Crippen LogP contribution in [-0.2, 0) is 0 Å². The van der Waals surface area contributed by atoms with Gasteiger partial charge in [0.05, 0.1) is 6.08 Å². The van der Waals surface area contributed by atoms with Crippen molar-refractivity contribution in [3.8, 4) is 0 Å². The van der Waals surface area contributed by atoms with E-state index < -0.39 is 0 Å². The Bertz CT molecular complexity index is 562. The molecule has 0 spiro atoms. The Kier molecular flexibility index (Phi) is 1.75. The van der Waals surface area contributed by atoms with Gasteiger partial charge in [0.1, 0.15) is 23.3 Å². The molecule has 1 nitrogen and oxygen atoms in total. The number of carbonyl (C=O) groups is 1. The summed E-state index contributed by atoms with van der Waals surface area (Å²) in [5.74, 6) is 0.0955. The van der Waals surface area contributed by atoms with Gasteiger partial charge in [-0.2, -0.15) is 0 Å². The molecule has 15 heavy (non-hydrogen) atoms. The second-order valence-electron chi connectivity index (χ2n) is 3.46. The molecule has 0 aliphatic heterocycles. The molecular weight excluding hydrogens is 252 g/mol. The average molecular weight is 258 g/mol. The average Bonchev–Trinajstić information content (AvgIpc) is 2.55. The standard InChI is InChI=1S/C13H6BrO/c14-11-7-3-6-10-12(11)8-4-1-2-5-9(8)13(10)15/h1,3-7H/q+1. The summed E-state index contributed by atoms with van der Waals surface area (Å²) in [5, 5.41) is 0. The molecule has 2 heteroatoms. The third-order valence-electron chi connectivity index (χ3n) is 2.64. The third kappa shape index (κ3) is 1.09. The first-order chi connectivity index (χ1) is 7.29. The molecule has 0 aromatic heterocycles. The van der Waals surface area contributed by atoms with E-state index in [2.05, 4.69) is 22.0 Å². The summed E-state index contributed by atoms with van der Waals surface area (Å²) in [6.07, 6.45) is 8.46. The third-order valence-corrected chi connectivity index (χ3v) is 3.30. The lowest BCUT2D eigenvalue weighted by molar-refractivity contribution is 0.104. The zero-order valence-corrected chi connectivity index (χ0v) is 9.34. The molecule has 0 bridgehead atoms. The van der Waals surface area contributed by atoms with Crippen LogP contribution in [0.3, 0.4) is 0 Å². The van der Waals surface area contributed by atoms with E-state index in [-0.39, 0.29) is 5.78 Å². The topological polar surface area (TPSA) is 17.1 Å². The first-order valence-corrected chi connectivity index (χ1v) is 5.42. The van der Waals surface area contributed by atoms with Crippen molar-refractivity contribution in [1.29, 1.82) is 0 Å². The highest BCUT2D eigenvalue weighted by Crippen LogP contribution is 2.39. The number of rotatable bonds is 0. The Morgan fingerprint density at radius 3 is 2.93 bits per heavy atom. The lowest BCUT2D eigenvalue weighted by Crippen LogP contribution is -1.96. The van der Waals surface area contributed by atoms with Crippen molar-refractivity contribution in [1.82, 2.24) is 0 Å². The molecular formula is C13H6BrO+. The normalized spacial score (nSPS) is 16.5. The van der Waals surface area contributed by atoms with E-state index >= 15 is 0 Å². The van der Waals surface area contributed by atoms with Gasteiger partial charge in [0, 0.05) is 21.7 Å². The first kappa shape index (κ1) is 8.78. The van der Waals surface area contributed by atoms with Crippen LogP contribution in [0, 0.1) is 6.08 Å². The summed E-state index contributed by atoms with van der Waals surface area (Å²) in [7, 11) is 0. The van der Waals surface area contributed by atoms with E-state index in [1.165, 1.54) is 0 Å². The van der Waals surface area contributed by atoms with Crippen LogP contribution in [0.25, 0.3) is 5.57 Å². The van der Waals surface area contributed by atoms with Crippen LogP contribution in [0.5, 0.6) is 0 Å². The summed E-state index contributed by atoms with van der Waals surface area (Å²) in [6.45, 7) is 0. The van der Waals surface area contributed by atoms with Crippen LogP contribution in [0.1, 0.15) is 15.9 Å². The van der Waals surface area contributed by atoms with E-state index in [4.69, 9.17) is 0 Å². The lowest BCUT2D eigenvalue weighted by Gasteiger charge is -1.99. The summed E-state index contributed by atoms with van der Waals surface area (Å²) >= 11 is 3.48. The molecule has 2 aliphatic rings. The molecule has 0 amide bonds. The number of halogens is 1. The molecule has 0 fully saturated rings. The van der Waals surface area contributed by atoms with Crippen molar-refractivity contribution in [2.24, 2.45) is 0 Å². The number of hydrogen-bond acceptors (Lipinski definition) is 1. The fraction of sp³-hybridized carbons (Fsp3) is 0. The Labute approximate surface area is 95.9 Å². The van der Waals surface area contributed by atoms with E-state index in [1.54, 1.807) is 6.08 Å². The summed E-state index contributed by atoms with van der Waals surface area (Å²) in [4.78, 5) is 12.0. The number of fused-ring (bicyclic) bond motifs is 2. The number of hydrogen-bond donors (Lipinski definition) is 0. The maximum atomic E-state index is 12.0. The number of Topliss-reactive ketones (excluding diaryl/α,β-unsaturated/α-hetero) is 1. The van der Waals surface area contributed by atoms with Crippen LogP contribution in [0.2, 0.25) is 0 Å². The van der Waals surface area contributed by atoms with E-state index in [9.17, 15) is 4.79 Å². The molecule has 0 unspecified atom stereocenters. The highest BCUT2D eigenvalue weighted by molar-refractivity contribution is 9.10. The number of carbonyl (C=O) groups excluding carboxylic acids is 1. The Balaban J connectivity index is 2.38. The number of allylic oxidation sites excluding steroid dienone is 6. The fourth-order valence-electron chi connectivity index (χ4n) is 1.97. The smallest absolute Gasteiger partial charge is 0.250 e. The van der Waals surface area contributed by atoms with Gasteiger partial charge in [-0.3, -0.25) is 4.79 Å².